The number of phenols is 1. The second-order valence-electron chi connectivity index (χ2n) is 7.08. The van der Waals surface area contributed by atoms with Gasteiger partial charge in [0.05, 0.1) is 18.5 Å². The minimum Gasteiger partial charge on any atom is -0.506 e. The third kappa shape index (κ3) is 5.57. The van der Waals surface area contributed by atoms with Crippen molar-refractivity contribution < 1.29 is 33.9 Å². The monoisotopic (exact) mass is 472 g/mol. The number of carbonyl (C=O) groups excluding carboxylic acids is 2. The highest BCUT2D eigenvalue weighted by molar-refractivity contribution is 6.03. The molecule has 0 saturated heterocycles. The second-order valence-corrected chi connectivity index (χ2v) is 7.08. The molecule has 0 saturated carbocycles. The van der Waals surface area contributed by atoms with Crippen molar-refractivity contribution in [2.24, 2.45) is 0 Å². The number of rotatable bonds is 8. The fourth-order valence-electron chi connectivity index (χ4n) is 3.02. The van der Waals surface area contributed by atoms with Crippen molar-refractivity contribution in [2.45, 2.75) is 13.0 Å². The molecule has 2 aromatic rings. The van der Waals surface area contributed by atoms with Crippen LogP contribution in [0.3, 0.4) is 0 Å². The minimum atomic E-state index is -0.995. The summed E-state index contributed by atoms with van der Waals surface area (Å²) in [5.41, 5.74) is -1.34. The summed E-state index contributed by atoms with van der Waals surface area (Å²) in [7, 11) is 3.84. The number of nitro benzene ring substituents is 1. The zero-order valence-electron chi connectivity index (χ0n) is 18.5. The number of halogens is 1. The number of likely N-dealkylation sites (N-methyl/N-ethyl adjacent to an activating group) is 2. The zero-order chi connectivity index (χ0) is 25.6. The average Bonchev–Trinajstić information content (AvgIpc) is 2.81. The lowest BCUT2D eigenvalue weighted by atomic mass is 10.0. The van der Waals surface area contributed by atoms with Crippen LogP contribution in [0.4, 0.5) is 10.1 Å². The summed E-state index contributed by atoms with van der Waals surface area (Å²) in [6.45, 7) is -0.302. The van der Waals surface area contributed by atoms with Gasteiger partial charge in [-0.2, -0.15) is 5.26 Å². The molecule has 0 bridgehead atoms. The normalized spacial score (nSPS) is 11.1. The van der Waals surface area contributed by atoms with Crippen molar-refractivity contribution >= 4 is 23.3 Å². The van der Waals surface area contributed by atoms with Crippen LogP contribution in [0.1, 0.15) is 16.7 Å². The molecule has 12 heteroatoms. The Labute approximate surface area is 193 Å². The number of amides is 2. The van der Waals surface area contributed by atoms with Crippen LogP contribution in [-0.4, -0.2) is 53.1 Å². The van der Waals surface area contributed by atoms with Gasteiger partial charge in [0.15, 0.2) is 11.3 Å². The molecule has 0 aromatic heterocycles. The Hall–Kier alpha value is -4.66. The van der Waals surface area contributed by atoms with Crippen LogP contribution in [0.25, 0.3) is 5.76 Å². The molecular formula is C22H21FN4O7. The Balaban J connectivity index is 2.41. The van der Waals surface area contributed by atoms with Gasteiger partial charge in [0.25, 0.3) is 5.91 Å². The first-order valence-corrected chi connectivity index (χ1v) is 9.66. The van der Waals surface area contributed by atoms with Gasteiger partial charge in [-0.3, -0.25) is 19.7 Å². The number of ether oxygens (including phenoxy) is 1. The molecule has 34 heavy (non-hydrogen) atoms. The average molecular weight is 472 g/mol. The number of aliphatic hydroxyl groups is 1. The molecular weight excluding hydrogens is 451 g/mol. The molecule has 11 nitrogen and oxygen atoms in total. The van der Waals surface area contributed by atoms with Crippen LogP contribution in [0.2, 0.25) is 0 Å². The number of aliphatic hydroxyl groups excluding tert-OH is 1. The fraction of sp³-hybridized carbons (Fsp3) is 0.227. The smallest absolute Gasteiger partial charge is 0.315 e. The largest absolute Gasteiger partial charge is 0.506 e. The van der Waals surface area contributed by atoms with Crippen molar-refractivity contribution in [3.05, 3.63) is 68.5 Å². The summed E-state index contributed by atoms with van der Waals surface area (Å²) < 4.78 is 19.1. The lowest BCUT2D eigenvalue weighted by molar-refractivity contribution is -0.386. The molecule has 2 amide bonds. The van der Waals surface area contributed by atoms with E-state index in [1.807, 2.05) is 0 Å². The summed E-state index contributed by atoms with van der Waals surface area (Å²) >= 11 is 0. The van der Waals surface area contributed by atoms with E-state index in [0.717, 1.165) is 30.2 Å². The van der Waals surface area contributed by atoms with Crippen molar-refractivity contribution in [1.82, 2.24) is 10.2 Å². The maximum atomic E-state index is 14.3. The summed E-state index contributed by atoms with van der Waals surface area (Å²) in [4.78, 5) is 35.6. The number of nitriles is 1. The number of aromatic hydroxyl groups is 1. The highest BCUT2D eigenvalue weighted by Crippen LogP contribution is 2.38. The van der Waals surface area contributed by atoms with Crippen LogP contribution < -0.4 is 10.1 Å². The first kappa shape index (κ1) is 25.6. The zero-order valence-corrected chi connectivity index (χ0v) is 18.5. The van der Waals surface area contributed by atoms with Crippen molar-refractivity contribution in [3.8, 4) is 17.6 Å². The first-order valence-electron chi connectivity index (χ1n) is 9.66. The molecule has 2 rings (SSSR count). The predicted molar refractivity (Wildman–Crippen MR) is 117 cm³/mol. The van der Waals surface area contributed by atoms with Gasteiger partial charge in [0, 0.05) is 37.8 Å². The van der Waals surface area contributed by atoms with E-state index in [1.165, 1.54) is 26.2 Å². The molecule has 0 fully saturated rings. The molecule has 0 heterocycles. The molecule has 0 aliphatic carbocycles. The van der Waals surface area contributed by atoms with Gasteiger partial charge in [0.2, 0.25) is 11.7 Å². The maximum Gasteiger partial charge on any atom is 0.315 e. The molecule has 0 atom stereocenters. The van der Waals surface area contributed by atoms with Crippen molar-refractivity contribution in [1.29, 1.82) is 5.26 Å². The van der Waals surface area contributed by atoms with Crippen molar-refractivity contribution in [3.63, 3.8) is 0 Å². The summed E-state index contributed by atoms with van der Waals surface area (Å²) in [5.74, 6) is -3.98. The number of nitro groups is 1. The molecule has 0 spiro atoms. The number of methoxy groups -OCH3 is 1. The number of benzene rings is 2. The van der Waals surface area contributed by atoms with E-state index in [9.17, 15) is 39.6 Å². The number of phenolic OH excluding ortho intramolecular Hbond substituents is 1. The van der Waals surface area contributed by atoms with E-state index in [4.69, 9.17) is 4.74 Å². The minimum absolute atomic E-state index is 0.00690. The lowest BCUT2D eigenvalue weighted by Gasteiger charge is -2.18. The summed E-state index contributed by atoms with van der Waals surface area (Å²) in [5, 5.41) is 43.5. The van der Waals surface area contributed by atoms with Gasteiger partial charge in [-0.25, -0.2) is 4.39 Å². The third-order valence-corrected chi connectivity index (χ3v) is 4.82. The van der Waals surface area contributed by atoms with Crippen LogP contribution in [0.5, 0.6) is 11.5 Å². The SMILES string of the molecule is CNC(=O)Cc1ccc(F)c(CN(C)C(=O)/C(C#N)=C(\O)c2cc(OC)c(O)c([N+](=O)[O-])c2)c1. The first-order chi connectivity index (χ1) is 16.0. The Morgan fingerprint density at radius 2 is 2.00 bits per heavy atom. The van der Waals surface area contributed by atoms with Crippen molar-refractivity contribution in [2.75, 3.05) is 21.2 Å². The van der Waals surface area contributed by atoms with E-state index in [-0.39, 0.29) is 35.7 Å². The number of nitrogens with zero attached hydrogens (tertiary/aromatic N) is 3. The van der Waals surface area contributed by atoms with E-state index < -0.39 is 39.4 Å². The quantitative estimate of drug-likeness (QED) is 0.173. The van der Waals surface area contributed by atoms with E-state index >= 15 is 0 Å². The van der Waals surface area contributed by atoms with E-state index in [0.29, 0.717) is 5.56 Å². The van der Waals surface area contributed by atoms with Gasteiger partial charge in [-0.1, -0.05) is 12.1 Å². The topological polar surface area (TPSA) is 166 Å². The number of hydrogen-bond donors (Lipinski definition) is 3. The fourth-order valence-corrected chi connectivity index (χ4v) is 3.02. The molecule has 0 unspecified atom stereocenters. The standard InChI is InChI=1S/C22H21FN4O7/c1-25-19(28)7-12-4-5-16(23)14(6-12)11-26(2)22(31)15(10-24)20(29)13-8-17(27(32)33)21(30)18(9-13)34-3/h4-6,8-9,29-30H,7,11H2,1-3H3,(H,25,28)/b20-15-. The van der Waals surface area contributed by atoms with Crippen LogP contribution in [-0.2, 0) is 22.6 Å². The van der Waals surface area contributed by atoms with Crippen LogP contribution in [0, 0.1) is 27.3 Å². The van der Waals surface area contributed by atoms with Gasteiger partial charge in [0.1, 0.15) is 17.6 Å². The van der Waals surface area contributed by atoms with Gasteiger partial charge in [-0.15, -0.1) is 0 Å². The predicted octanol–water partition coefficient (Wildman–Crippen LogP) is 2.19. The Kier molecular flexibility index (Phi) is 8.11. The highest BCUT2D eigenvalue weighted by atomic mass is 19.1. The molecule has 0 aliphatic rings. The molecule has 178 valence electrons. The Morgan fingerprint density at radius 1 is 1.32 bits per heavy atom. The van der Waals surface area contributed by atoms with Gasteiger partial charge < -0.3 is 25.2 Å². The number of hydrogen-bond acceptors (Lipinski definition) is 8. The van der Waals surface area contributed by atoms with E-state index in [2.05, 4.69) is 5.32 Å². The van der Waals surface area contributed by atoms with Gasteiger partial charge in [-0.05, 0) is 17.7 Å². The molecule has 3 N–H and O–H groups in total. The Morgan fingerprint density at radius 3 is 2.56 bits per heavy atom. The van der Waals surface area contributed by atoms with E-state index in [1.54, 1.807) is 6.07 Å². The Bertz CT molecular complexity index is 1220. The van der Waals surface area contributed by atoms with Gasteiger partial charge >= 0.3 is 5.69 Å². The number of carbonyl (C=O) groups is 2. The third-order valence-electron chi connectivity index (χ3n) is 4.82. The second kappa shape index (κ2) is 10.8. The maximum absolute atomic E-state index is 14.3. The summed E-state index contributed by atoms with van der Waals surface area (Å²) in [6, 6.07) is 7.31. The van der Waals surface area contributed by atoms with Crippen LogP contribution in [0.15, 0.2) is 35.9 Å². The molecule has 0 radical (unpaired) electrons. The lowest BCUT2D eigenvalue weighted by Crippen LogP contribution is -2.28. The highest BCUT2D eigenvalue weighted by Gasteiger charge is 2.26. The molecule has 2 aromatic carbocycles. The van der Waals surface area contributed by atoms with Crippen LogP contribution >= 0.6 is 0 Å². The number of nitrogens with one attached hydrogen (secondary N) is 1. The molecule has 0 aliphatic heterocycles. The summed E-state index contributed by atoms with van der Waals surface area (Å²) in [6.07, 6.45) is -0.00690.